The van der Waals surface area contributed by atoms with Crippen LogP contribution in [0, 0.1) is 11.3 Å². The van der Waals surface area contributed by atoms with Gasteiger partial charge in [-0.1, -0.05) is 0 Å². The highest BCUT2D eigenvalue weighted by atomic mass is 19.4. The standard InChI is InChI=1S/C13H12F3N3O/c1-19(12(8-17)5-3-6-12)11(20)10-9(13(14,15)16)4-2-7-18-10/h2,4,7H,3,5-6H2,1H3. The summed E-state index contributed by atoms with van der Waals surface area (Å²) < 4.78 is 38.6. The number of carbonyl (C=O) groups excluding carboxylic acids is 1. The first kappa shape index (κ1) is 14.3. The third-order valence-corrected chi connectivity index (χ3v) is 3.65. The predicted octanol–water partition coefficient (Wildman–Crippen LogP) is 2.62. The summed E-state index contributed by atoms with van der Waals surface area (Å²) in [6.45, 7) is 0. The lowest BCUT2D eigenvalue weighted by Crippen LogP contribution is -2.53. The van der Waals surface area contributed by atoms with Gasteiger partial charge in [0.2, 0.25) is 0 Å². The third-order valence-electron chi connectivity index (χ3n) is 3.65. The van der Waals surface area contributed by atoms with Crippen LogP contribution < -0.4 is 0 Å². The minimum Gasteiger partial charge on any atom is -0.322 e. The van der Waals surface area contributed by atoms with Crippen LogP contribution in [0.5, 0.6) is 0 Å². The van der Waals surface area contributed by atoms with Crippen molar-refractivity contribution in [3.63, 3.8) is 0 Å². The molecule has 0 aliphatic heterocycles. The van der Waals surface area contributed by atoms with Crippen LogP contribution in [-0.2, 0) is 6.18 Å². The summed E-state index contributed by atoms with van der Waals surface area (Å²) in [7, 11) is 1.35. The van der Waals surface area contributed by atoms with Gasteiger partial charge in [-0.3, -0.25) is 9.78 Å². The predicted molar refractivity (Wildman–Crippen MR) is 63.5 cm³/mol. The molecule has 0 N–H and O–H groups in total. The Balaban J connectivity index is 2.38. The minimum absolute atomic E-state index is 0.472. The first-order valence-electron chi connectivity index (χ1n) is 6.03. The van der Waals surface area contributed by atoms with E-state index in [9.17, 15) is 18.0 Å². The fourth-order valence-corrected chi connectivity index (χ4v) is 2.19. The molecule has 1 aliphatic carbocycles. The van der Waals surface area contributed by atoms with Crippen LogP contribution in [0.1, 0.15) is 35.3 Å². The number of rotatable bonds is 2. The number of pyridine rings is 1. The van der Waals surface area contributed by atoms with Crippen molar-refractivity contribution in [3.05, 3.63) is 29.6 Å². The molecule has 20 heavy (non-hydrogen) atoms. The summed E-state index contributed by atoms with van der Waals surface area (Å²) in [5, 5.41) is 9.15. The normalized spacial score (nSPS) is 16.9. The van der Waals surface area contributed by atoms with Gasteiger partial charge in [-0.2, -0.15) is 18.4 Å². The molecule has 1 heterocycles. The Labute approximate surface area is 113 Å². The fourth-order valence-electron chi connectivity index (χ4n) is 2.19. The highest BCUT2D eigenvalue weighted by Gasteiger charge is 2.45. The summed E-state index contributed by atoms with van der Waals surface area (Å²) in [4.78, 5) is 16.9. The summed E-state index contributed by atoms with van der Waals surface area (Å²) in [6.07, 6.45) is -1.80. The van der Waals surface area contributed by atoms with Crippen LogP contribution in [0.2, 0.25) is 0 Å². The third kappa shape index (κ3) is 2.22. The maximum absolute atomic E-state index is 12.9. The van der Waals surface area contributed by atoms with Gasteiger partial charge in [0.15, 0.2) is 0 Å². The molecule has 1 aliphatic rings. The fraction of sp³-hybridized carbons (Fsp3) is 0.462. The van der Waals surface area contributed by atoms with Crippen molar-refractivity contribution in [1.29, 1.82) is 5.26 Å². The van der Waals surface area contributed by atoms with Crippen LogP contribution >= 0.6 is 0 Å². The molecule has 4 nitrogen and oxygen atoms in total. The second-order valence-corrected chi connectivity index (χ2v) is 4.76. The lowest BCUT2D eigenvalue weighted by atomic mass is 9.76. The van der Waals surface area contributed by atoms with Crippen LogP contribution in [0.25, 0.3) is 0 Å². The number of amides is 1. The molecule has 1 aromatic rings. The smallest absolute Gasteiger partial charge is 0.322 e. The molecule has 0 aromatic carbocycles. The Kier molecular flexibility index (Phi) is 3.42. The van der Waals surface area contributed by atoms with Gasteiger partial charge in [-0.25, -0.2) is 0 Å². The second-order valence-electron chi connectivity index (χ2n) is 4.76. The SMILES string of the molecule is CN(C(=O)c1ncccc1C(F)(F)F)C1(C#N)CCC1. The molecule has 7 heteroatoms. The van der Waals surface area contributed by atoms with Gasteiger partial charge in [0, 0.05) is 13.2 Å². The lowest BCUT2D eigenvalue weighted by Gasteiger charge is -2.42. The van der Waals surface area contributed by atoms with E-state index >= 15 is 0 Å². The van der Waals surface area contributed by atoms with Gasteiger partial charge in [-0.15, -0.1) is 0 Å². The number of carbonyl (C=O) groups is 1. The number of hydrogen-bond donors (Lipinski definition) is 0. The summed E-state index contributed by atoms with van der Waals surface area (Å²) in [5.41, 5.74) is -2.74. The highest BCUT2D eigenvalue weighted by Crippen LogP contribution is 2.38. The number of hydrogen-bond acceptors (Lipinski definition) is 3. The molecule has 1 saturated carbocycles. The highest BCUT2D eigenvalue weighted by molar-refractivity contribution is 5.94. The van der Waals surface area contributed by atoms with Crippen molar-refractivity contribution in [2.45, 2.75) is 31.0 Å². The topological polar surface area (TPSA) is 57.0 Å². The lowest BCUT2D eigenvalue weighted by molar-refractivity contribution is -0.138. The quantitative estimate of drug-likeness (QED) is 0.838. The summed E-state index contributed by atoms with van der Waals surface area (Å²) >= 11 is 0. The summed E-state index contributed by atoms with van der Waals surface area (Å²) in [5.74, 6) is -0.876. The van der Waals surface area contributed by atoms with E-state index in [1.807, 2.05) is 6.07 Å². The first-order chi connectivity index (χ1) is 9.32. The zero-order valence-corrected chi connectivity index (χ0v) is 10.7. The van der Waals surface area contributed by atoms with Crippen LogP contribution in [0.3, 0.4) is 0 Å². The molecule has 106 valence electrons. The van der Waals surface area contributed by atoms with E-state index in [-0.39, 0.29) is 0 Å². The van der Waals surface area contributed by atoms with Gasteiger partial charge < -0.3 is 4.90 Å². The zero-order valence-electron chi connectivity index (χ0n) is 10.7. The second kappa shape index (κ2) is 4.78. The molecule has 1 amide bonds. The average molecular weight is 283 g/mol. The Morgan fingerprint density at radius 2 is 2.15 bits per heavy atom. The van der Waals surface area contributed by atoms with Gasteiger partial charge >= 0.3 is 6.18 Å². The number of nitrogens with zero attached hydrogens (tertiary/aromatic N) is 3. The number of nitriles is 1. The van der Waals surface area contributed by atoms with Crippen molar-refractivity contribution in [2.75, 3.05) is 7.05 Å². The molecule has 1 fully saturated rings. The van der Waals surface area contributed by atoms with E-state index in [4.69, 9.17) is 5.26 Å². The van der Waals surface area contributed by atoms with Crippen molar-refractivity contribution in [1.82, 2.24) is 9.88 Å². The molecule has 0 atom stereocenters. The molecule has 0 radical (unpaired) electrons. The molecule has 0 spiro atoms. The Morgan fingerprint density at radius 1 is 1.50 bits per heavy atom. The number of halogens is 3. The zero-order chi connectivity index (χ0) is 15.0. The van der Waals surface area contributed by atoms with Crippen LogP contribution in [0.15, 0.2) is 18.3 Å². The van der Waals surface area contributed by atoms with Crippen molar-refractivity contribution >= 4 is 5.91 Å². The van der Waals surface area contributed by atoms with Crippen LogP contribution in [-0.4, -0.2) is 28.4 Å². The Hall–Kier alpha value is -2.10. The molecular weight excluding hydrogens is 271 g/mol. The van der Waals surface area contributed by atoms with E-state index in [1.165, 1.54) is 7.05 Å². The Bertz CT molecular complexity index is 573. The minimum atomic E-state index is -4.65. The van der Waals surface area contributed by atoms with E-state index < -0.39 is 28.9 Å². The van der Waals surface area contributed by atoms with E-state index in [1.54, 1.807) is 0 Å². The number of alkyl halides is 3. The molecule has 0 bridgehead atoms. The van der Waals surface area contributed by atoms with E-state index in [0.717, 1.165) is 29.7 Å². The average Bonchev–Trinajstić information content (AvgIpc) is 2.36. The van der Waals surface area contributed by atoms with Gasteiger partial charge in [-0.05, 0) is 31.4 Å². The van der Waals surface area contributed by atoms with Crippen molar-refractivity contribution < 1.29 is 18.0 Å². The van der Waals surface area contributed by atoms with Crippen molar-refractivity contribution in [3.8, 4) is 6.07 Å². The van der Waals surface area contributed by atoms with E-state index in [0.29, 0.717) is 12.8 Å². The Morgan fingerprint density at radius 3 is 2.60 bits per heavy atom. The first-order valence-corrected chi connectivity index (χ1v) is 6.03. The largest absolute Gasteiger partial charge is 0.418 e. The van der Waals surface area contributed by atoms with E-state index in [2.05, 4.69) is 4.98 Å². The van der Waals surface area contributed by atoms with Gasteiger partial charge in [0.05, 0.1) is 11.6 Å². The van der Waals surface area contributed by atoms with Gasteiger partial charge in [0.25, 0.3) is 5.91 Å². The number of aromatic nitrogens is 1. The maximum atomic E-state index is 12.9. The summed E-state index contributed by atoms with van der Waals surface area (Å²) in [6, 6.07) is 3.96. The van der Waals surface area contributed by atoms with Crippen LogP contribution in [0.4, 0.5) is 13.2 Å². The molecule has 1 aromatic heterocycles. The molecule has 0 saturated heterocycles. The molecule has 2 rings (SSSR count). The van der Waals surface area contributed by atoms with Crippen molar-refractivity contribution in [2.24, 2.45) is 0 Å². The molecular formula is C13H12F3N3O. The molecule has 0 unspecified atom stereocenters. The maximum Gasteiger partial charge on any atom is 0.418 e. The monoisotopic (exact) mass is 283 g/mol. The van der Waals surface area contributed by atoms with Gasteiger partial charge in [0.1, 0.15) is 11.2 Å².